The number of aliphatic hydroxyl groups excluding tert-OH is 1. The first-order valence-electron chi connectivity index (χ1n) is 9.86. The third-order valence-corrected chi connectivity index (χ3v) is 4.39. The van der Waals surface area contributed by atoms with E-state index in [9.17, 15) is 22.8 Å². The lowest BCUT2D eigenvalue weighted by molar-refractivity contribution is -0.142. The van der Waals surface area contributed by atoms with Crippen LogP contribution in [0, 0.1) is 5.92 Å². The molecule has 0 aliphatic carbocycles. The van der Waals surface area contributed by atoms with E-state index in [2.05, 4.69) is 49.9 Å². The maximum absolute atomic E-state index is 11.9. The summed E-state index contributed by atoms with van der Waals surface area (Å²) in [4.78, 5) is 5.88. The minimum absolute atomic E-state index is 0.244. The van der Waals surface area contributed by atoms with Crippen LogP contribution in [-0.4, -0.2) is 45.7 Å². The van der Waals surface area contributed by atoms with Crippen molar-refractivity contribution < 1.29 is 37.2 Å². The van der Waals surface area contributed by atoms with Crippen LogP contribution < -0.4 is 9.68 Å². The van der Waals surface area contributed by atoms with Crippen LogP contribution in [0.5, 0.6) is 11.8 Å². The maximum Gasteiger partial charge on any atom is 0.433 e. The Bertz CT molecular complexity index is 784. The molecule has 1 saturated heterocycles. The molecule has 7 nitrogen and oxygen atoms in total. The Morgan fingerprint density at radius 1 is 1.16 bits per heavy atom. The van der Waals surface area contributed by atoms with Gasteiger partial charge in [-0.15, -0.1) is 10.2 Å². The number of aromatic nitrogens is 3. The monoisotopic (exact) mass is 527 g/mol. The molecule has 0 bridgehead atoms. The highest BCUT2D eigenvalue weighted by atomic mass is 79.9. The molecule has 0 saturated carbocycles. The predicted molar refractivity (Wildman–Crippen MR) is 112 cm³/mol. The van der Waals surface area contributed by atoms with E-state index in [1.165, 1.54) is 6.42 Å². The molecular formula is C20H26BrF4N3O4. The number of hydrogen-bond donors (Lipinski definition) is 1. The number of rotatable bonds is 4. The van der Waals surface area contributed by atoms with Gasteiger partial charge in [0, 0.05) is 23.3 Å². The van der Waals surface area contributed by atoms with Crippen LogP contribution in [0.4, 0.5) is 17.7 Å². The summed E-state index contributed by atoms with van der Waals surface area (Å²) in [7, 11) is 0. The average Bonchev–Trinajstić information content (AvgIpc) is 2.76. The first-order valence-corrected chi connectivity index (χ1v) is 10.7. The molecule has 12 heteroatoms. The fourth-order valence-electron chi connectivity index (χ4n) is 2.35. The van der Waals surface area contributed by atoms with Gasteiger partial charge in [0.15, 0.2) is 0 Å². The first-order chi connectivity index (χ1) is 15.1. The Labute approximate surface area is 192 Å². The summed E-state index contributed by atoms with van der Waals surface area (Å²) in [6.45, 7) is 7.22. The molecule has 1 fully saturated rings. The number of alkyl halides is 3. The van der Waals surface area contributed by atoms with Crippen molar-refractivity contribution in [2.24, 2.45) is 5.92 Å². The molecule has 3 atom stereocenters. The second-order valence-corrected chi connectivity index (χ2v) is 7.63. The maximum atomic E-state index is 11.9. The molecule has 3 rings (SSSR count). The molecule has 2 aromatic rings. The zero-order chi connectivity index (χ0) is 24.1. The van der Waals surface area contributed by atoms with E-state index in [4.69, 9.17) is 9.47 Å². The molecule has 3 unspecified atom stereocenters. The summed E-state index contributed by atoms with van der Waals surface area (Å²) < 4.78 is 58.5. The third-order valence-electron chi connectivity index (χ3n) is 3.97. The van der Waals surface area contributed by atoms with E-state index in [0.29, 0.717) is 23.7 Å². The molecule has 3 heterocycles. The summed E-state index contributed by atoms with van der Waals surface area (Å²) in [5.41, 5.74) is -1.18. The number of aliphatic hydroxyl groups is 1. The molecule has 32 heavy (non-hydrogen) atoms. The van der Waals surface area contributed by atoms with Gasteiger partial charge in [-0.2, -0.15) is 13.2 Å². The number of ether oxygens (including phenoxy) is 2. The van der Waals surface area contributed by atoms with Crippen LogP contribution in [0.1, 0.15) is 39.3 Å². The van der Waals surface area contributed by atoms with Gasteiger partial charge in [0.2, 0.25) is 5.88 Å². The van der Waals surface area contributed by atoms with Crippen molar-refractivity contribution in [2.75, 3.05) is 13.2 Å². The molecule has 0 spiro atoms. The standard InChI is InChI=1S/C11H15BrN2O3.C6H3F4NO.C3H8/c1-7-4-5-16-8(11(7)15)6-17-10-3-2-9(12)13-14-10;7-6(8,9)4-2-1-3-5(11-4)12-10;1-3-2/h2-3,7-8,11,15H,4-6H2,1H3;1-3H;3H2,1-2H3. The van der Waals surface area contributed by atoms with Gasteiger partial charge in [0.25, 0.3) is 5.88 Å². The van der Waals surface area contributed by atoms with Gasteiger partial charge in [0.05, 0.1) is 6.10 Å². The van der Waals surface area contributed by atoms with Gasteiger partial charge >= 0.3 is 6.18 Å². The van der Waals surface area contributed by atoms with E-state index < -0.39 is 23.9 Å². The lowest BCUT2D eigenvalue weighted by Gasteiger charge is -2.32. The third kappa shape index (κ3) is 10.0. The first kappa shape index (κ1) is 28.0. The minimum atomic E-state index is -4.57. The van der Waals surface area contributed by atoms with Crippen molar-refractivity contribution in [1.82, 2.24) is 15.2 Å². The number of halogens is 5. The lowest BCUT2D eigenvalue weighted by atomic mass is 9.94. The van der Waals surface area contributed by atoms with E-state index >= 15 is 0 Å². The molecule has 0 amide bonds. The zero-order valence-electron chi connectivity index (χ0n) is 17.9. The Kier molecular flexibility index (Phi) is 12.4. The molecule has 1 N–H and O–H groups in total. The van der Waals surface area contributed by atoms with Crippen molar-refractivity contribution in [3.8, 4) is 11.8 Å². The summed E-state index contributed by atoms with van der Waals surface area (Å²) in [6.07, 6.45) is -3.21. The Balaban J connectivity index is 0.000000299. The molecule has 1 aliphatic heterocycles. The van der Waals surface area contributed by atoms with Crippen LogP contribution >= 0.6 is 15.9 Å². The van der Waals surface area contributed by atoms with Crippen molar-refractivity contribution in [3.63, 3.8) is 0 Å². The Morgan fingerprint density at radius 3 is 2.41 bits per heavy atom. The summed E-state index contributed by atoms with van der Waals surface area (Å²) in [5.74, 6) is -0.0274. The second-order valence-electron chi connectivity index (χ2n) is 6.81. The number of hydrogen-bond acceptors (Lipinski definition) is 7. The quantitative estimate of drug-likeness (QED) is 0.547. The largest absolute Gasteiger partial charge is 0.474 e. The van der Waals surface area contributed by atoms with Crippen LogP contribution in [0.2, 0.25) is 0 Å². The number of nitrogens with zero attached hydrogens (tertiary/aromatic N) is 3. The fraction of sp³-hybridized carbons (Fsp3) is 0.550. The van der Waals surface area contributed by atoms with E-state index in [1.54, 1.807) is 12.1 Å². The molecule has 1 aliphatic rings. The summed E-state index contributed by atoms with van der Waals surface area (Å²) >= 11 is 3.20. The lowest BCUT2D eigenvalue weighted by Crippen LogP contribution is -2.43. The van der Waals surface area contributed by atoms with E-state index in [-0.39, 0.29) is 12.0 Å². The van der Waals surface area contributed by atoms with Gasteiger partial charge in [-0.3, -0.25) is 4.94 Å². The highest BCUT2D eigenvalue weighted by Crippen LogP contribution is 2.28. The summed E-state index contributed by atoms with van der Waals surface area (Å²) in [5, 5.41) is 17.6. The molecule has 180 valence electrons. The highest BCUT2D eigenvalue weighted by Gasteiger charge is 2.32. The summed E-state index contributed by atoms with van der Waals surface area (Å²) in [6, 6.07) is 6.18. The molecule has 2 aromatic heterocycles. The van der Waals surface area contributed by atoms with E-state index in [0.717, 1.165) is 24.6 Å². The molecule has 0 aromatic carbocycles. The number of pyridine rings is 1. The zero-order valence-corrected chi connectivity index (χ0v) is 19.4. The van der Waals surface area contributed by atoms with Gasteiger partial charge in [-0.1, -0.05) is 33.3 Å². The Hall–Kier alpha value is -2.05. The predicted octanol–water partition coefficient (Wildman–Crippen LogP) is 5.18. The van der Waals surface area contributed by atoms with Gasteiger partial charge in [0.1, 0.15) is 23.0 Å². The van der Waals surface area contributed by atoms with Crippen molar-refractivity contribution >= 4 is 15.9 Å². The smallest absolute Gasteiger partial charge is 0.433 e. The Morgan fingerprint density at radius 2 is 1.84 bits per heavy atom. The molecule has 0 radical (unpaired) electrons. The van der Waals surface area contributed by atoms with Crippen molar-refractivity contribution in [1.29, 1.82) is 0 Å². The minimum Gasteiger partial charge on any atom is -0.474 e. The van der Waals surface area contributed by atoms with Crippen LogP contribution in [0.3, 0.4) is 0 Å². The van der Waals surface area contributed by atoms with Gasteiger partial charge < -0.3 is 14.6 Å². The topological polar surface area (TPSA) is 86.6 Å². The van der Waals surface area contributed by atoms with Gasteiger partial charge in [-0.05, 0) is 40.4 Å². The SMILES string of the molecule is CC1CCOC(COc2ccc(Br)nn2)C1O.CCC.FOc1cccc(C(F)(F)F)n1. The van der Waals surface area contributed by atoms with Crippen LogP contribution in [-0.2, 0) is 10.9 Å². The molecular weight excluding hydrogens is 502 g/mol. The second kappa shape index (κ2) is 14.2. The van der Waals surface area contributed by atoms with E-state index in [1.807, 2.05) is 6.92 Å². The van der Waals surface area contributed by atoms with Gasteiger partial charge in [-0.25, -0.2) is 4.98 Å². The van der Waals surface area contributed by atoms with Crippen molar-refractivity contribution in [2.45, 2.75) is 52.0 Å². The van der Waals surface area contributed by atoms with Crippen LogP contribution in [0.15, 0.2) is 34.9 Å². The highest BCUT2D eigenvalue weighted by molar-refractivity contribution is 9.10. The average molecular weight is 528 g/mol. The normalized spacial score (nSPS) is 20.2. The fourth-order valence-corrected chi connectivity index (χ4v) is 2.56. The van der Waals surface area contributed by atoms with Crippen molar-refractivity contribution in [3.05, 3.63) is 40.6 Å². The van der Waals surface area contributed by atoms with Crippen LogP contribution in [0.25, 0.3) is 0 Å².